The van der Waals surface area contributed by atoms with Gasteiger partial charge in [0, 0.05) is 22.3 Å². The first-order chi connectivity index (χ1) is 9.58. The van der Waals surface area contributed by atoms with Crippen LogP contribution in [-0.2, 0) is 0 Å². The average Bonchev–Trinajstić information content (AvgIpc) is 2.38. The SMILES string of the molecule is CCNc1ccc(C(=O)Nc2cc(Cl)cc(Cl)c2)nc1. The smallest absolute Gasteiger partial charge is 0.274 e. The van der Waals surface area contributed by atoms with Crippen molar-refractivity contribution in [3.8, 4) is 0 Å². The maximum Gasteiger partial charge on any atom is 0.274 e. The van der Waals surface area contributed by atoms with E-state index in [4.69, 9.17) is 23.2 Å². The summed E-state index contributed by atoms with van der Waals surface area (Å²) in [7, 11) is 0. The second-order valence-electron chi connectivity index (χ2n) is 4.07. The highest BCUT2D eigenvalue weighted by molar-refractivity contribution is 6.35. The second-order valence-corrected chi connectivity index (χ2v) is 4.95. The lowest BCUT2D eigenvalue weighted by atomic mass is 10.3. The van der Waals surface area contributed by atoms with Gasteiger partial charge in [-0.15, -0.1) is 0 Å². The van der Waals surface area contributed by atoms with E-state index in [9.17, 15) is 4.79 Å². The molecule has 2 aromatic rings. The molecule has 4 nitrogen and oxygen atoms in total. The maximum atomic E-state index is 12.0. The zero-order chi connectivity index (χ0) is 14.5. The summed E-state index contributed by atoms with van der Waals surface area (Å²) in [6, 6.07) is 8.30. The topological polar surface area (TPSA) is 54.0 Å². The Morgan fingerprint density at radius 3 is 2.40 bits per heavy atom. The molecule has 1 aromatic carbocycles. The molecular weight excluding hydrogens is 297 g/mol. The number of benzene rings is 1. The van der Waals surface area contributed by atoms with Crippen LogP contribution >= 0.6 is 23.2 Å². The number of nitrogens with one attached hydrogen (secondary N) is 2. The van der Waals surface area contributed by atoms with Crippen LogP contribution in [0.4, 0.5) is 11.4 Å². The summed E-state index contributed by atoms with van der Waals surface area (Å²) in [5.41, 5.74) is 1.72. The van der Waals surface area contributed by atoms with Crippen LogP contribution in [0.5, 0.6) is 0 Å². The van der Waals surface area contributed by atoms with Crippen LogP contribution in [0.25, 0.3) is 0 Å². The van der Waals surface area contributed by atoms with Crippen LogP contribution in [0.1, 0.15) is 17.4 Å². The van der Waals surface area contributed by atoms with Gasteiger partial charge in [-0.2, -0.15) is 0 Å². The number of hydrogen-bond acceptors (Lipinski definition) is 3. The molecule has 6 heteroatoms. The minimum atomic E-state index is -0.314. The molecular formula is C14H13Cl2N3O. The molecule has 2 N–H and O–H groups in total. The zero-order valence-corrected chi connectivity index (χ0v) is 12.3. The number of aromatic nitrogens is 1. The number of hydrogen-bond donors (Lipinski definition) is 2. The number of amides is 1. The van der Waals surface area contributed by atoms with E-state index in [1.807, 2.05) is 6.92 Å². The van der Waals surface area contributed by atoms with Gasteiger partial charge in [0.1, 0.15) is 5.69 Å². The molecule has 0 aliphatic carbocycles. The number of pyridine rings is 1. The van der Waals surface area contributed by atoms with E-state index in [0.29, 0.717) is 21.4 Å². The fraction of sp³-hybridized carbons (Fsp3) is 0.143. The van der Waals surface area contributed by atoms with Crippen LogP contribution in [0.3, 0.4) is 0 Å². The number of halogens is 2. The van der Waals surface area contributed by atoms with Crippen molar-refractivity contribution < 1.29 is 4.79 Å². The molecule has 0 atom stereocenters. The Bertz CT molecular complexity index is 594. The Morgan fingerprint density at radius 2 is 1.85 bits per heavy atom. The molecule has 0 saturated carbocycles. The summed E-state index contributed by atoms with van der Waals surface area (Å²) in [5.74, 6) is -0.314. The Morgan fingerprint density at radius 1 is 1.15 bits per heavy atom. The lowest BCUT2D eigenvalue weighted by Crippen LogP contribution is -2.13. The summed E-state index contributed by atoms with van der Waals surface area (Å²) in [4.78, 5) is 16.1. The van der Waals surface area contributed by atoms with E-state index in [-0.39, 0.29) is 5.91 Å². The Balaban J connectivity index is 2.11. The highest BCUT2D eigenvalue weighted by Gasteiger charge is 2.08. The van der Waals surface area contributed by atoms with Gasteiger partial charge in [-0.25, -0.2) is 4.98 Å². The van der Waals surface area contributed by atoms with Crippen molar-refractivity contribution in [2.45, 2.75) is 6.92 Å². The lowest BCUT2D eigenvalue weighted by molar-refractivity contribution is 0.102. The summed E-state index contributed by atoms with van der Waals surface area (Å²) in [5, 5.41) is 6.73. The van der Waals surface area contributed by atoms with Crippen molar-refractivity contribution >= 4 is 40.5 Å². The predicted octanol–water partition coefficient (Wildman–Crippen LogP) is 4.07. The Kier molecular flexibility index (Phi) is 4.82. The van der Waals surface area contributed by atoms with Gasteiger partial charge in [0.25, 0.3) is 5.91 Å². The minimum Gasteiger partial charge on any atom is -0.384 e. The molecule has 0 aliphatic rings. The molecule has 0 fully saturated rings. The molecule has 1 heterocycles. The molecule has 1 aromatic heterocycles. The molecule has 0 bridgehead atoms. The Hall–Kier alpha value is -1.78. The van der Waals surface area contributed by atoms with E-state index in [0.717, 1.165) is 12.2 Å². The standard InChI is InChI=1S/C14H13Cl2N3O/c1-2-17-11-3-4-13(18-8-11)14(20)19-12-6-9(15)5-10(16)7-12/h3-8,17H,2H2,1H3,(H,19,20). The van der Waals surface area contributed by atoms with Gasteiger partial charge in [-0.05, 0) is 37.3 Å². The predicted molar refractivity (Wildman–Crippen MR) is 82.8 cm³/mol. The van der Waals surface area contributed by atoms with Crippen LogP contribution in [0.15, 0.2) is 36.5 Å². The van der Waals surface area contributed by atoms with Crippen molar-refractivity contribution in [2.75, 3.05) is 17.2 Å². The van der Waals surface area contributed by atoms with Crippen molar-refractivity contribution in [1.29, 1.82) is 0 Å². The minimum absolute atomic E-state index is 0.314. The normalized spacial score (nSPS) is 10.2. The molecule has 0 radical (unpaired) electrons. The largest absolute Gasteiger partial charge is 0.384 e. The molecule has 0 saturated heterocycles. The third-order valence-electron chi connectivity index (χ3n) is 2.50. The highest BCUT2D eigenvalue weighted by Crippen LogP contribution is 2.22. The summed E-state index contributed by atoms with van der Waals surface area (Å²) in [6.45, 7) is 2.79. The van der Waals surface area contributed by atoms with Crippen molar-refractivity contribution in [1.82, 2.24) is 4.98 Å². The number of rotatable bonds is 4. The van der Waals surface area contributed by atoms with Gasteiger partial charge >= 0.3 is 0 Å². The third-order valence-corrected chi connectivity index (χ3v) is 2.93. The second kappa shape index (κ2) is 6.59. The van der Waals surface area contributed by atoms with E-state index in [2.05, 4.69) is 15.6 Å². The summed E-state index contributed by atoms with van der Waals surface area (Å²) >= 11 is 11.8. The van der Waals surface area contributed by atoms with Gasteiger partial charge in [0.15, 0.2) is 0 Å². The van der Waals surface area contributed by atoms with E-state index >= 15 is 0 Å². The molecule has 20 heavy (non-hydrogen) atoms. The first-order valence-corrected chi connectivity index (χ1v) is 6.81. The maximum absolute atomic E-state index is 12.0. The average molecular weight is 310 g/mol. The van der Waals surface area contributed by atoms with Crippen molar-refractivity contribution in [3.63, 3.8) is 0 Å². The van der Waals surface area contributed by atoms with Gasteiger partial charge < -0.3 is 10.6 Å². The van der Waals surface area contributed by atoms with E-state index in [1.54, 1.807) is 36.5 Å². The lowest BCUT2D eigenvalue weighted by Gasteiger charge is -2.07. The zero-order valence-electron chi connectivity index (χ0n) is 10.8. The van der Waals surface area contributed by atoms with Gasteiger partial charge in [0.05, 0.1) is 11.9 Å². The molecule has 104 valence electrons. The number of carbonyl (C=O) groups excluding carboxylic acids is 1. The Labute approximate surface area is 127 Å². The summed E-state index contributed by atoms with van der Waals surface area (Å²) in [6.07, 6.45) is 1.61. The number of anilines is 2. The van der Waals surface area contributed by atoms with Gasteiger partial charge in [-0.3, -0.25) is 4.79 Å². The van der Waals surface area contributed by atoms with Gasteiger partial charge in [-0.1, -0.05) is 23.2 Å². The van der Waals surface area contributed by atoms with Gasteiger partial charge in [0.2, 0.25) is 0 Å². The van der Waals surface area contributed by atoms with Crippen LogP contribution in [-0.4, -0.2) is 17.4 Å². The molecule has 0 aliphatic heterocycles. The number of carbonyl (C=O) groups is 1. The molecule has 1 amide bonds. The highest BCUT2D eigenvalue weighted by atomic mass is 35.5. The van der Waals surface area contributed by atoms with E-state index in [1.165, 1.54) is 0 Å². The first-order valence-electron chi connectivity index (χ1n) is 6.06. The quantitative estimate of drug-likeness (QED) is 0.895. The monoisotopic (exact) mass is 309 g/mol. The fourth-order valence-corrected chi connectivity index (χ4v) is 2.18. The summed E-state index contributed by atoms with van der Waals surface area (Å²) < 4.78 is 0. The fourth-order valence-electron chi connectivity index (χ4n) is 1.66. The first kappa shape index (κ1) is 14.6. The van der Waals surface area contributed by atoms with Crippen LogP contribution < -0.4 is 10.6 Å². The van der Waals surface area contributed by atoms with Crippen molar-refractivity contribution in [2.24, 2.45) is 0 Å². The molecule has 2 rings (SSSR count). The molecule has 0 spiro atoms. The van der Waals surface area contributed by atoms with Crippen LogP contribution in [0.2, 0.25) is 10.0 Å². The van der Waals surface area contributed by atoms with E-state index < -0.39 is 0 Å². The van der Waals surface area contributed by atoms with Crippen LogP contribution in [0, 0.1) is 0 Å². The molecule has 0 unspecified atom stereocenters. The van der Waals surface area contributed by atoms with Crippen molar-refractivity contribution in [3.05, 3.63) is 52.3 Å². The number of nitrogens with zero attached hydrogens (tertiary/aromatic N) is 1. The third kappa shape index (κ3) is 3.85.